The number of anilines is 1. The Bertz CT molecular complexity index is 1200. The molecule has 3 amide bonds. The Morgan fingerprint density at radius 2 is 1.81 bits per heavy atom. The second-order valence-electron chi connectivity index (χ2n) is 7.98. The normalized spacial score (nSPS) is 14.4. The van der Waals surface area contributed by atoms with Crippen LogP contribution in [0, 0.1) is 6.92 Å². The zero-order valence-corrected chi connectivity index (χ0v) is 18.3. The molecule has 1 fully saturated rings. The maximum atomic E-state index is 12.8. The molecule has 3 aromatic rings. The number of hydrogen-bond donors (Lipinski definition) is 2. The van der Waals surface area contributed by atoms with E-state index in [1.54, 1.807) is 34.6 Å². The van der Waals surface area contributed by atoms with Gasteiger partial charge in [0.15, 0.2) is 0 Å². The van der Waals surface area contributed by atoms with Crippen molar-refractivity contribution < 1.29 is 9.59 Å². The number of para-hydroxylation sites is 1. The molecule has 0 unspecified atom stereocenters. The molecule has 1 saturated heterocycles. The number of carbonyl (C=O) groups is 2. The number of fused-ring (bicyclic) bond motifs is 1. The largest absolute Gasteiger partial charge is 0.349 e. The first-order valence-corrected chi connectivity index (χ1v) is 10.9. The van der Waals surface area contributed by atoms with Gasteiger partial charge >= 0.3 is 6.03 Å². The quantitative estimate of drug-likeness (QED) is 0.661. The molecule has 2 N–H and O–H groups in total. The first-order chi connectivity index (χ1) is 15.5. The van der Waals surface area contributed by atoms with Crippen LogP contribution in [0.4, 0.5) is 10.5 Å². The molecule has 0 spiro atoms. The van der Waals surface area contributed by atoms with Crippen LogP contribution < -0.4 is 16.2 Å². The topological polar surface area (TPSA) is 96.3 Å². The van der Waals surface area contributed by atoms with E-state index in [4.69, 9.17) is 0 Å². The van der Waals surface area contributed by atoms with Crippen molar-refractivity contribution in [3.63, 3.8) is 0 Å². The molecule has 0 bridgehead atoms. The lowest BCUT2D eigenvalue weighted by atomic mass is 10.0. The van der Waals surface area contributed by atoms with Crippen molar-refractivity contribution in [3.8, 4) is 0 Å². The van der Waals surface area contributed by atoms with Crippen molar-refractivity contribution in [2.24, 2.45) is 0 Å². The highest BCUT2D eigenvalue weighted by atomic mass is 16.2. The number of amides is 3. The summed E-state index contributed by atoms with van der Waals surface area (Å²) in [6, 6.07) is 14.5. The number of benzene rings is 2. The summed E-state index contributed by atoms with van der Waals surface area (Å²) in [5, 5.41) is 5.97. The number of rotatable bonds is 4. The summed E-state index contributed by atoms with van der Waals surface area (Å²) < 4.78 is 1.66. The van der Waals surface area contributed by atoms with Crippen LogP contribution >= 0.6 is 0 Å². The number of piperidine rings is 1. The highest BCUT2D eigenvalue weighted by molar-refractivity contribution is 5.97. The van der Waals surface area contributed by atoms with Crippen molar-refractivity contribution in [1.29, 1.82) is 0 Å². The third kappa shape index (κ3) is 4.49. The van der Waals surface area contributed by atoms with Gasteiger partial charge in [0.25, 0.3) is 11.5 Å². The van der Waals surface area contributed by atoms with Gasteiger partial charge in [0, 0.05) is 36.9 Å². The van der Waals surface area contributed by atoms with Crippen molar-refractivity contribution in [1.82, 2.24) is 19.8 Å². The summed E-state index contributed by atoms with van der Waals surface area (Å²) in [5.74, 6) is -0.173. The molecule has 1 aliphatic heterocycles. The van der Waals surface area contributed by atoms with E-state index >= 15 is 0 Å². The fourth-order valence-electron chi connectivity index (χ4n) is 4.05. The summed E-state index contributed by atoms with van der Waals surface area (Å²) in [6.45, 7) is 5.28. The van der Waals surface area contributed by atoms with Gasteiger partial charge in [-0.1, -0.05) is 18.2 Å². The van der Waals surface area contributed by atoms with Gasteiger partial charge in [-0.15, -0.1) is 0 Å². The molecule has 0 atom stereocenters. The zero-order chi connectivity index (χ0) is 22.7. The third-order valence-electron chi connectivity index (χ3n) is 5.83. The van der Waals surface area contributed by atoms with Crippen LogP contribution in [0.1, 0.15) is 35.8 Å². The predicted molar refractivity (Wildman–Crippen MR) is 124 cm³/mol. The van der Waals surface area contributed by atoms with E-state index in [1.807, 2.05) is 37.3 Å². The molecule has 0 aliphatic carbocycles. The molecule has 2 heterocycles. The van der Waals surface area contributed by atoms with E-state index in [9.17, 15) is 14.4 Å². The number of hydrogen-bond acceptors (Lipinski definition) is 4. The second-order valence-corrected chi connectivity index (χ2v) is 7.98. The SMILES string of the molecule is CCn1c(=O)c(C)nc2cc(C(=O)NC3CCN(C(=O)Nc4ccccc4)CC3)ccc21. The van der Waals surface area contributed by atoms with Crippen LogP contribution in [-0.4, -0.2) is 45.5 Å². The average Bonchev–Trinajstić information content (AvgIpc) is 2.80. The number of aryl methyl sites for hydroxylation is 2. The van der Waals surface area contributed by atoms with Crippen molar-refractivity contribution in [2.45, 2.75) is 39.3 Å². The molecular formula is C24H27N5O3. The number of carbonyl (C=O) groups excluding carboxylic acids is 2. The van der Waals surface area contributed by atoms with Gasteiger partial charge in [0.05, 0.1) is 11.0 Å². The van der Waals surface area contributed by atoms with Crippen LogP contribution in [0.5, 0.6) is 0 Å². The second kappa shape index (κ2) is 9.21. The van der Waals surface area contributed by atoms with Crippen LogP contribution in [0.3, 0.4) is 0 Å². The summed E-state index contributed by atoms with van der Waals surface area (Å²) in [4.78, 5) is 43.7. The van der Waals surface area contributed by atoms with E-state index in [0.717, 1.165) is 11.2 Å². The summed E-state index contributed by atoms with van der Waals surface area (Å²) in [5.41, 5.74) is 2.93. The molecule has 4 rings (SSSR count). The van der Waals surface area contributed by atoms with E-state index in [0.29, 0.717) is 49.2 Å². The van der Waals surface area contributed by atoms with E-state index in [2.05, 4.69) is 15.6 Å². The third-order valence-corrected chi connectivity index (χ3v) is 5.83. The molecule has 2 aromatic carbocycles. The number of nitrogens with zero attached hydrogens (tertiary/aromatic N) is 3. The number of likely N-dealkylation sites (tertiary alicyclic amines) is 1. The smallest absolute Gasteiger partial charge is 0.321 e. The Morgan fingerprint density at radius 1 is 1.09 bits per heavy atom. The zero-order valence-electron chi connectivity index (χ0n) is 18.3. The van der Waals surface area contributed by atoms with Crippen LogP contribution in [0.15, 0.2) is 53.3 Å². The molecule has 8 nitrogen and oxygen atoms in total. The van der Waals surface area contributed by atoms with Gasteiger partial charge < -0.3 is 20.1 Å². The van der Waals surface area contributed by atoms with Crippen molar-refractivity contribution in [3.05, 3.63) is 70.1 Å². The van der Waals surface area contributed by atoms with E-state index in [1.165, 1.54) is 0 Å². The molecule has 166 valence electrons. The minimum Gasteiger partial charge on any atom is -0.349 e. The first kappa shape index (κ1) is 21.5. The number of aromatic nitrogens is 2. The Hall–Kier alpha value is -3.68. The minimum absolute atomic E-state index is 0.00161. The van der Waals surface area contributed by atoms with Crippen LogP contribution in [-0.2, 0) is 6.54 Å². The van der Waals surface area contributed by atoms with Gasteiger partial charge in [-0.2, -0.15) is 0 Å². The van der Waals surface area contributed by atoms with Gasteiger partial charge in [0.1, 0.15) is 5.69 Å². The first-order valence-electron chi connectivity index (χ1n) is 10.9. The van der Waals surface area contributed by atoms with E-state index in [-0.39, 0.29) is 23.5 Å². The van der Waals surface area contributed by atoms with Gasteiger partial charge in [-0.05, 0) is 57.0 Å². The molecule has 32 heavy (non-hydrogen) atoms. The Kier molecular flexibility index (Phi) is 6.20. The maximum Gasteiger partial charge on any atom is 0.321 e. The van der Waals surface area contributed by atoms with Crippen molar-refractivity contribution in [2.75, 3.05) is 18.4 Å². The molecule has 1 aromatic heterocycles. The molecule has 0 radical (unpaired) electrons. The Morgan fingerprint density at radius 3 is 2.50 bits per heavy atom. The van der Waals surface area contributed by atoms with E-state index < -0.39 is 0 Å². The van der Waals surface area contributed by atoms with Crippen LogP contribution in [0.2, 0.25) is 0 Å². The number of nitrogens with one attached hydrogen (secondary N) is 2. The highest BCUT2D eigenvalue weighted by Crippen LogP contribution is 2.16. The highest BCUT2D eigenvalue weighted by Gasteiger charge is 2.24. The lowest BCUT2D eigenvalue weighted by Crippen LogP contribution is -2.47. The Labute approximate surface area is 186 Å². The summed E-state index contributed by atoms with van der Waals surface area (Å²) >= 11 is 0. The standard InChI is InChI=1S/C24H27N5O3/c1-3-29-21-10-9-17(15-20(21)25-16(2)23(29)31)22(30)26-19-11-13-28(14-12-19)24(32)27-18-7-5-4-6-8-18/h4-10,15,19H,3,11-14H2,1-2H3,(H,26,30)(H,27,32). The van der Waals surface area contributed by atoms with Gasteiger partial charge in [-0.3, -0.25) is 9.59 Å². The fraction of sp³-hybridized carbons (Fsp3) is 0.333. The molecular weight excluding hydrogens is 406 g/mol. The minimum atomic E-state index is -0.173. The number of urea groups is 1. The monoisotopic (exact) mass is 433 g/mol. The van der Waals surface area contributed by atoms with Crippen molar-refractivity contribution >= 4 is 28.7 Å². The lowest BCUT2D eigenvalue weighted by Gasteiger charge is -2.32. The molecule has 8 heteroatoms. The van der Waals surface area contributed by atoms with Gasteiger partial charge in [-0.25, -0.2) is 9.78 Å². The Balaban J connectivity index is 1.37. The molecule has 0 saturated carbocycles. The summed E-state index contributed by atoms with van der Waals surface area (Å²) in [6.07, 6.45) is 1.38. The lowest BCUT2D eigenvalue weighted by molar-refractivity contribution is 0.0919. The maximum absolute atomic E-state index is 12.8. The summed E-state index contributed by atoms with van der Waals surface area (Å²) in [7, 11) is 0. The molecule has 1 aliphatic rings. The van der Waals surface area contributed by atoms with Gasteiger partial charge in [0.2, 0.25) is 0 Å². The van der Waals surface area contributed by atoms with Crippen LogP contribution in [0.25, 0.3) is 11.0 Å². The predicted octanol–water partition coefficient (Wildman–Crippen LogP) is 3.15. The average molecular weight is 434 g/mol. The fourth-order valence-corrected chi connectivity index (χ4v) is 4.05.